The molecule has 0 bridgehead atoms. The third-order valence-corrected chi connectivity index (χ3v) is 4.70. The van der Waals surface area contributed by atoms with E-state index in [1.54, 1.807) is 49.8 Å². The van der Waals surface area contributed by atoms with E-state index in [0.29, 0.717) is 32.6 Å². The zero-order valence-electron chi connectivity index (χ0n) is 18.8. The second-order valence-electron chi connectivity index (χ2n) is 8.34. The van der Waals surface area contributed by atoms with Crippen molar-refractivity contribution < 1.29 is 23.9 Å². The van der Waals surface area contributed by atoms with Crippen LogP contribution >= 0.6 is 0 Å². The minimum Gasteiger partial charge on any atom is -0.497 e. The molecule has 1 aromatic rings. The van der Waals surface area contributed by atoms with Crippen LogP contribution in [0, 0.1) is 0 Å². The lowest BCUT2D eigenvalue weighted by molar-refractivity contribution is -0.131. The molecular weight excluding hydrogens is 398 g/mol. The van der Waals surface area contributed by atoms with Gasteiger partial charge in [-0.25, -0.2) is 4.79 Å². The van der Waals surface area contributed by atoms with Crippen molar-refractivity contribution >= 4 is 24.0 Å². The first-order chi connectivity index (χ1) is 14.7. The van der Waals surface area contributed by atoms with Crippen LogP contribution in [0.3, 0.4) is 0 Å². The van der Waals surface area contributed by atoms with E-state index >= 15 is 0 Å². The fourth-order valence-corrected chi connectivity index (χ4v) is 3.12. The third-order valence-electron chi connectivity index (χ3n) is 4.70. The smallest absolute Gasteiger partial charge is 0.407 e. The number of nitrogens with one attached hydrogen (secondary N) is 1. The van der Waals surface area contributed by atoms with Gasteiger partial charge in [-0.05, 0) is 51.0 Å². The normalized spacial score (nSPS) is 14.8. The van der Waals surface area contributed by atoms with Gasteiger partial charge in [0, 0.05) is 45.2 Å². The van der Waals surface area contributed by atoms with Gasteiger partial charge >= 0.3 is 6.09 Å². The number of nitrogens with zero attached hydrogens (tertiary/aromatic N) is 2. The van der Waals surface area contributed by atoms with Crippen LogP contribution in [0.5, 0.6) is 5.75 Å². The van der Waals surface area contributed by atoms with Crippen LogP contribution in [-0.2, 0) is 14.3 Å². The van der Waals surface area contributed by atoms with Gasteiger partial charge in [0.25, 0.3) is 0 Å². The monoisotopic (exact) mass is 431 g/mol. The molecule has 0 atom stereocenters. The van der Waals surface area contributed by atoms with Crippen molar-refractivity contribution in [2.45, 2.75) is 39.2 Å². The Labute approximate surface area is 184 Å². The summed E-state index contributed by atoms with van der Waals surface area (Å²) in [6, 6.07) is 7.46. The standard InChI is InChI=1S/C23H33N3O5/c1-23(2,3)31-22(29)24-13-12-21(28)26-15-5-14-25(16-17-26)20(27)11-8-18-6-9-19(30-4)10-7-18/h6-11H,5,12-17H2,1-4H3,(H,24,29)/b11-8+. The molecular formula is C23H33N3O5. The molecule has 1 fully saturated rings. The fraction of sp³-hybridized carbons (Fsp3) is 0.522. The Hall–Kier alpha value is -3.03. The number of carbonyl (C=O) groups is 3. The molecule has 1 aliphatic heterocycles. The lowest BCUT2D eigenvalue weighted by atomic mass is 10.2. The van der Waals surface area contributed by atoms with Gasteiger partial charge in [-0.15, -0.1) is 0 Å². The number of rotatable bonds is 6. The van der Waals surface area contributed by atoms with Gasteiger partial charge in [0.05, 0.1) is 7.11 Å². The second-order valence-corrected chi connectivity index (χ2v) is 8.34. The fourth-order valence-electron chi connectivity index (χ4n) is 3.12. The topological polar surface area (TPSA) is 88.2 Å². The number of hydrogen-bond donors (Lipinski definition) is 1. The first-order valence-electron chi connectivity index (χ1n) is 10.5. The molecule has 0 unspecified atom stereocenters. The molecule has 1 aromatic carbocycles. The molecule has 2 rings (SSSR count). The van der Waals surface area contributed by atoms with Gasteiger partial charge in [-0.2, -0.15) is 0 Å². The maximum Gasteiger partial charge on any atom is 0.407 e. The molecule has 1 heterocycles. The Balaban J connectivity index is 1.77. The summed E-state index contributed by atoms with van der Waals surface area (Å²) in [6.45, 7) is 7.74. The molecule has 3 amide bonds. The van der Waals surface area contributed by atoms with Crippen molar-refractivity contribution in [3.8, 4) is 5.75 Å². The van der Waals surface area contributed by atoms with Crippen LogP contribution < -0.4 is 10.1 Å². The number of alkyl carbamates (subject to hydrolysis) is 1. The summed E-state index contributed by atoms with van der Waals surface area (Å²) in [7, 11) is 1.61. The Morgan fingerprint density at radius 2 is 1.68 bits per heavy atom. The molecule has 1 N–H and O–H groups in total. The number of ether oxygens (including phenoxy) is 2. The Morgan fingerprint density at radius 3 is 2.32 bits per heavy atom. The number of methoxy groups -OCH3 is 1. The summed E-state index contributed by atoms with van der Waals surface area (Å²) < 4.78 is 10.3. The molecule has 0 aliphatic carbocycles. The predicted octanol–water partition coefficient (Wildman–Crippen LogP) is 2.68. The highest BCUT2D eigenvalue weighted by Gasteiger charge is 2.21. The molecule has 31 heavy (non-hydrogen) atoms. The Bertz CT molecular complexity index is 783. The summed E-state index contributed by atoms with van der Waals surface area (Å²) in [5, 5.41) is 2.60. The van der Waals surface area contributed by atoms with E-state index in [-0.39, 0.29) is 24.8 Å². The van der Waals surface area contributed by atoms with Crippen molar-refractivity contribution in [3.63, 3.8) is 0 Å². The lowest BCUT2D eigenvalue weighted by Crippen LogP contribution is -2.39. The van der Waals surface area contributed by atoms with E-state index in [4.69, 9.17) is 9.47 Å². The van der Waals surface area contributed by atoms with E-state index in [9.17, 15) is 14.4 Å². The number of carbonyl (C=O) groups excluding carboxylic acids is 3. The maximum atomic E-state index is 12.5. The average Bonchev–Trinajstić information content (AvgIpc) is 2.97. The first kappa shape index (κ1) is 24.2. The van der Waals surface area contributed by atoms with E-state index in [1.807, 2.05) is 24.3 Å². The van der Waals surface area contributed by atoms with Crippen molar-refractivity contribution in [1.82, 2.24) is 15.1 Å². The molecule has 0 aromatic heterocycles. The minimum absolute atomic E-state index is 0.0425. The molecule has 0 spiro atoms. The van der Waals surface area contributed by atoms with E-state index < -0.39 is 11.7 Å². The zero-order chi connectivity index (χ0) is 22.9. The highest BCUT2D eigenvalue weighted by molar-refractivity contribution is 5.91. The number of hydrogen-bond acceptors (Lipinski definition) is 5. The van der Waals surface area contributed by atoms with Crippen LogP contribution in [-0.4, -0.2) is 73.1 Å². The summed E-state index contributed by atoms with van der Waals surface area (Å²) in [5.41, 5.74) is 0.342. The number of amides is 3. The van der Waals surface area contributed by atoms with Gasteiger partial charge < -0.3 is 24.6 Å². The van der Waals surface area contributed by atoms with Gasteiger partial charge in [0.1, 0.15) is 11.4 Å². The average molecular weight is 432 g/mol. The van der Waals surface area contributed by atoms with Gasteiger partial charge in [-0.1, -0.05) is 12.1 Å². The summed E-state index contributed by atoms with van der Waals surface area (Å²) in [4.78, 5) is 40.2. The summed E-state index contributed by atoms with van der Waals surface area (Å²) >= 11 is 0. The molecule has 8 heteroatoms. The van der Waals surface area contributed by atoms with E-state index in [0.717, 1.165) is 11.3 Å². The molecule has 170 valence electrons. The van der Waals surface area contributed by atoms with Gasteiger partial charge in [0.2, 0.25) is 11.8 Å². The molecule has 0 radical (unpaired) electrons. The SMILES string of the molecule is COc1ccc(/C=C/C(=O)N2CCCN(C(=O)CCNC(=O)OC(C)(C)C)CC2)cc1. The van der Waals surface area contributed by atoms with Crippen molar-refractivity contribution in [1.29, 1.82) is 0 Å². The van der Waals surface area contributed by atoms with Gasteiger partial charge in [-0.3, -0.25) is 9.59 Å². The maximum absolute atomic E-state index is 12.5. The van der Waals surface area contributed by atoms with Crippen LogP contribution in [0.1, 0.15) is 39.2 Å². The largest absolute Gasteiger partial charge is 0.497 e. The van der Waals surface area contributed by atoms with E-state index in [2.05, 4.69) is 5.32 Å². The van der Waals surface area contributed by atoms with Crippen LogP contribution in [0.4, 0.5) is 4.79 Å². The highest BCUT2D eigenvalue weighted by atomic mass is 16.6. The first-order valence-corrected chi connectivity index (χ1v) is 10.5. The van der Waals surface area contributed by atoms with Crippen molar-refractivity contribution in [2.75, 3.05) is 39.8 Å². The lowest BCUT2D eigenvalue weighted by Gasteiger charge is -2.22. The Kier molecular flexibility index (Phi) is 8.90. The van der Waals surface area contributed by atoms with Gasteiger partial charge in [0.15, 0.2) is 0 Å². The minimum atomic E-state index is -0.573. The zero-order valence-corrected chi connectivity index (χ0v) is 18.8. The molecule has 0 saturated carbocycles. The quantitative estimate of drug-likeness (QED) is 0.700. The predicted molar refractivity (Wildman–Crippen MR) is 119 cm³/mol. The molecule has 1 aliphatic rings. The summed E-state index contributed by atoms with van der Waals surface area (Å²) in [5.74, 6) is 0.651. The Morgan fingerprint density at radius 1 is 1.03 bits per heavy atom. The van der Waals surface area contributed by atoms with Crippen molar-refractivity contribution in [3.05, 3.63) is 35.9 Å². The van der Waals surface area contributed by atoms with Crippen LogP contribution in [0.15, 0.2) is 30.3 Å². The molecule has 1 saturated heterocycles. The third kappa shape index (κ3) is 8.70. The number of benzene rings is 1. The van der Waals surface area contributed by atoms with Crippen LogP contribution in [0.25, 0.3) is 6.08 Å². The molecule has 8 nitrogen and oxygen atoms in total. The highest BCUT2D eigenvalue weighted by Crippen LogP contribution is 2.13. The summed E-state index contributed by atoms with van der Waals surface area (Å²) in [6.07, 6.45) is 3.72. The van der Waals surface area contributed by atoms with Crippen molar-refractivity contribution in [2.24, 2.45) is 0 Å². The van der Waals surface area contributed by atoms with Crippen LogP contribution in [0.2, 0.25) is 0 Å². The second kappa shape index (κ2) is 11.4. The van der Waals surface area contributed by atoms with E-state index in [1.165, 1.54) is 0 Å².